The van der Waals surface area contributed by atoms with Crippen molar-refractivity contribution >= 4 is 29.9 Å². The van der Waals surface area contributed by atoms with E-state index in [4.69, 9.17) is 5.73 Å². The van der Waals surface area contributed by atoms with E-state index in [-0.39, 0.29) is 24.0 Å². The van der Waals surface area contributed by atoms with Crippen LogP contribution in [-0.2, 0) is 13.6 Å². The zero-order valence-corrected chi connectivity index (χ0v) is 12.6. The zero-order valence-electron chi connectivity index (χ0n) is 10.3. The van der Waals surface area contributed by atoms with Gasteiger partial charge in [-0.3, -0.25) is 0 Å². The lowest BCUT2D eigenvalue weighted by molar-refractivity contribution is 0.338. The molecule has 0 aromatic carbocycles. The van der Waals surface area contributed by atoms with Gasteiger partial charge < -0.3 is 15.2 Å². The zero-order chi connectivity index (χ0) is 11.4. The van der Waals surface area contributed by atoms with E-state index in [9.17, 15) is 0 Å². The van der Waals surface area contributed by atoms with Gasteiger partial charge in [-0.15, -0.1) is 24.0 Å². The summed E-state index contributed by atoms with van der Waals surface area (Å²) in [5, 5.41) is 0. The monoisotopic (exact) mass is 348 g/mol. The third-order valence-corrected chi connectivity index (χ3v) is 3.00. The van der Waals surface area contributed by atoms with E-state index in [1.165, 1.54) is 24.8 Å². The largest absolute Gasteiger partial charge is 0.370 e. The minimum Gasteiger partial charge on any atom is -0.370 e. The summed E-state index contributed by atoms with van der Waals surface area (Å²) in [6, 6.07) is 2.08. The van der Waals surface area contributed by atoms with Crippen molar-refractivity contribution in [2.24, 2.45) is 17.8 Å². The Morgan fingerprint density at radius 3 is 2.65 bits per heavy atom. The Bertz CT molecular complexity index is 366. The number of aliphatic imine (C=N–C) groups is 1. The highest BCUT2D eigenvalue weighted by atomic mass is 127. The molecule has 4 nitrogen and oxygen atoms in total. The van der Waals surface area contributed by atoms with Crippen molar-refractivity contribution in [2.75, 3.05) is 13.1 Å². The summed E-state index contributed by atoms with van der Waals surface area (Å²) in [6.45, 7) is 2.80. The quantitative estimate of drug-likeness (QED) is 0.505. The summed E-state index contributed by atoms with van der Waals surface area (Å²) in [5.74, 6) is 0.698. The van der Waals surface area contributed by atoms with E-state index in [2.05, 4.69) is 22.2 Å². The molecule has 2 N–H and O–H groups in total. The summed E-state index contributed by atoms with van der Waals surface area (Å²) in [5.41, 5.74) is 7.18. The second-order valence-electron chi connectivity index (χ2n) is 4.41. The molecule has 0 amide bonds. The molecule has 0 atom stereocenters. The van der Waals surface area contributed by atoms with Crippen molar-refractivity contribution < 1.29 is 0 Å². The van der Waals surface area contributed by atoms with Crippen LogP contribution in [0.1, 0.15) is 24.8 Å². The number of rotatable bonds is 2. The molecule has 2 heterocycles. The van der Waals surface area contributed by atoms with Crippen LogP contribution in [0.2, 0.25) is 0 Å². The molecule has 1 aromatic rings. The topological polar surface area (TPSA) is 46.6 Å². The van der Waals surface area contributed by atoms with Gasteiger partial charge >= 0.3 is 0 Å². The number of hydrogen-bond donors (Lipinski definition) is 1. The second kappa shape index (κ2) is 6.88. The highest BCUT2D eigenvalue weighted by molar-refractivity contribution is 14.0. The van der Waals surface area contributed by atoms with Crippen molar-refractivity contribution in [3.63, 3.8) is 0 Å². The van der Waals surface area contributed by atoms with Gasteiger partial charge in [-0.2, -0.15) is 0 Å². The van der Waals surface area contributed by atoms with Gasteiger partial charge in [0.1, 0.15) is 0 Å². The van der Waals surface area contributed by atoms with Crippen LogP contribution < -0.4 is 5.73 Å². The first-order valence-electron chi connectivity index (χ1n) is 5.91. The van der Waals surface area contributed by atoms with E-state index in [1.54, 1.807) is 0 Å². The third-order valence-electron chi connectivity index (χ3n) is 3.00. The molecule has 1 fully saturated rings. The SMILES string of the molecule is Cn1ccc(CN=C(N)N2CCCCC2)c1.I. The van der Waals surface area contributed by atoms with Gasteiger partial charge in [-0.25, -0.2) is 4.99 Å². The van der Waals surface area contributed by atoms with Crippen LogP contribution in [0.15, 0.2) is 23.5 Å². The van der Waals surface area contributed by atoms with Crippen LogP contribution in [0.4, 0.5) is 0 Å². The first kappa shape index (κ1) is 14.3. The smallest absolute Gasteiger partial charge is 0.191 e. The molecule has 0 bridgehead atoms. The summed E-state index contributed by atoms with van der Waals surface area (Å²) < 4.78 is 2.03. The maximum Gasteiger partial charge on any atom is 0.191 e. The Hall–Kier alpha value is -0.720. The molecule has 5 heteroatoms. The highest BCUT2D eigenvalue weighted by Gasteiger charge is 2.11. The molecule has 2 rings (SSSR count). The van der Waals surface area contributed by atoms with E-state index in [1.807, 2.05) is 17.8 Å². The number of nitrogens with zero attached hydrogens (tertiary/aromatic N) is 3. The predicted molar refractivity (Wildman–Crippen MR) is 81.6 cm³/mol. The molecule has 0 saturated carbocycles. The van der Waals surface area contributed by atoms with Crippen LogP contribution in [0.3, 0.4) is 0 Å². The Kier molecular flexibility index (Phi) is 5.80. The molecule has 1 aromatic heterocycles. The van der Waals surface area contributed by atoms with Gasteiger partial charge in [-0.1, -0.05) is 0 Å². The fourth-order valence-electron chi connectivity index (χ4n) is 2.05. The lowest BCUT2D eigenvalue weighted by Gasteiger charge is -2.27. The fourth-order valence-corrected chi connectivity index (χ4v) is 2.05. The van der Waals surface area contributed by atoms with Crippen LogP contribution in [0, 0.1) is 0 Å². The van der Waals surface area contributed by atoms with Crippen molar-refractivity contribution in [3.8, 4) is 0 Å². The number of aromatic nitrogens is 1. The lowest BCUT2D eigenvalue weighted by atomic mass is 10.1. The lowest BCUT2D eigenvalue weighted by Crippen LogP contribution is -2.40. The number of piperidine rings is 1. The van der Waals surface area contributed by atoms with Gasteiger partial charge in [-0.05, 0) is 30.9 Å². The normalized spacial score (nSPS) is 16.8. The fraction of sp³-hybridized carbons (Fsp3) is 0.583. The number of halogens is 1. The van der Waals surface area contributed by atoms with Crippen LogP contribution >= 0.6 is 24.0 Å². The number of hydrogen-bond acceptors (Lipinski definition) is 1. The molecule has 96 valence electrons. The molecule has 1 saturated heterocycles. The standard InChI is InChI=1S/C12H20N4.HI/c1-15-8-5-11(10-15)9-14-12(13)16-6-3-2-4-7-16;/h5,8,10H,2-4,6-7,9H2,1H3,(H2,13,14);1H. The molecule has 17 heavy (non-hydrogen) atoms. The Morgan fingerprint density at radius 1 is 1.35 bits per heavy atom. The maximum atomic E-state index is 5.97. The number of aryl methyl sites for hydroxylation is 1. The summed E-state index contributed by atoms with van der Waals surface area (Å²) in [4.78, 5) is 6.63. The van der Waals surface area contributed by atoms with Crippen LogP contribution in [0.25, 0.3) is 0 Å². The summed E-state index contributed by atoms with van der Waals surface area (Å²) >= 11 is 0. The third kappa shape index (κ3) is 4.22. The van der Waals surface area contributed by atoms with Crippen molar-refractivity contribution in [2.45, 2.75) is 25.8 Å². The minimum absolute atomic E-state index is 0. The van der Waals surface area contributed by atoms with Crippen molar-refractivity contribution in [1.29, 1.82) is 0 Å². The molecule has 0 radical (unpaired) electrons. The van der Waals surface area contributed by atoms with E-state index >= 15 is 0 Å². The first-order chi connectivity index (χ1) is 7.75. The van der Waals surface area contributed by atoms with Gasteiger partial charge in [0, 0.05) is 32.5 Å². The number of nitrogens with two attached hydrogens (primary N) is 1. The summed E-state index contributed by atoms with van der Waals surface area (Å²) in [7, 11) is 2.02. The van der Waals surface area contributed by atoms with Crippen molar-refractivity contribution in [1.82, 2.24) is 9.47 Å². The maximum absolute atomic E-state index is 5.97. The van der Waals surface area contributed by atoms with Gasteiger partial charge in [0.25, 0.3) is 0 Å². The minimum atomic E-state index is 0. The second-order valence-corrected chi connectivity index (χ2v) is 4.41. The average Bonchev–Trinajstić information content (AvgIpc) is 2.73. The molecular weight excluding hydrogens is 327 g/mol. The average molecular weight is 348 g/mol. The predicted octanol–water partition coefficient (Wildman–Crippen LogP) is 1.94. The Labute approximate surface area is 120 Å². The molecular formula is C12H21IN4. The van der Waals surface area contributed by atoms with E-state index < -0.39 is 0 Å². The molecule has 0 unspecified atom stereocenters. The molecule has 0 aliphatic carbocycles. The van der Waals surface area contributed by atoms with Gasteiger partial charge in [0.2, 0.25) is 0 Å². The van der Waals surface area contributed by atoms with Gasteiger partial charge in [0.05, 0.1) is 6.54 Å². The first-order valence-corrected chi connectivity index (χ1v) is 5.91. The van der Waals surface area contributed by atoms with E-state index in [0.29, 0.717) is 12.5 Å². The molecule has 1 aliphatic heterocycles. The summed E-state index contributed by atoms with van der Waals surface area (Å²) in [6.07, 6.45) is 7.90. The Balaban J connectivity index is 0.00000144. The molecule has 0 spiro atoms. The number of likely N-dealkylation sites (tertiary alicyclic amines) is 1. The van der Waals surface area contributed by atoms with Gasteiger partial charge in [0.15, 0.2) is 5.96 Å². The van der Waals surface area contributed by atoms with E-state index in [0.717, 1.165) is 13.1 Å². The highest BCUT2D eigenvalue weighted by Crippen LogP contribution is 2.08. The van der Waals surface area contributed by atoms with Crippen molar-refractivity contribution in [3.05, 3.63) is 24.0 Å². The Morgan fingerprint density at radius 2 is 2.06 bits per heavy atom. The molecule has 1 aliphatic rings. The van der Waals surface area contributed by atoms with Crippen LogP contribution in [0.5, 0.6) is 0 Å². The number of guanidine groups is 1. The van der Waals surface area contributed by atoms with Crippen LogP contribution in [-0.4, -0.2) is 28.5 Å².